The number of fused-ring (bicyclic) bond motifs is 1. The summed E-state index contributed by atoms with van der Waals surface area (Å²) in [4.78, 5) is 25.0. The van der Waals surface area contributed by atoms with Crippen molar-refractivity contribution in [2.24, 2.45) is 0 Å². The zero-order chi connectivity index (χ0) is 14.9. The van der Waals surface area contributed by atoms with Gasteiger partial charge in [-0.05, 0) is 33.2 Å². The lowest BCUT2D eigenvalue weighted by molar-refractivity contribution is -0.383. The van der Waals surface area contributed by atoms with Crippen LogP contribution in [0.1, 0.15) is 5.56 Å². The number of aromatic nitrogens is 1. The first-order valence-electron chi connectivity index (χ1n) is 6.33. The third kappa shape index (κ3) is 2.55. The molecule has 2 aromatic rings. The molecule has 0 radical (unpaired) electrons. The molecular weight excluding hydrogens is 258 g/mol. The van der Waals surface area contributed by atoms with Gasteiger partial charge < -0.3 is 9.47 Å². The first-order valence-corrected chi connectivity index (χ1v) is 6.33. The van der Waals surface area contributed by atoms with Crippen LogP contribution in [0, 0.1) is 17.0 Å². The minimum absolute atomic E-state index is 0.0133. The van der Waals surface area contributed by atoms with Gasteiger partial charge in [-0.2, -0.15) is 0 Å². The molecular formula is C14H17N3O3. The molecule has 1 heterocycles. The summed E-state index contributed by atoms with van der Waals surface area (Å²) < 4.78 is 1.58. The third-order valence-electron chi connectivity index (χ3n) is 3.30. The van der Waals surface area contributed by atoms with Crippen LogP contribution in [-0.2, 0) is 6.54 Å². The highest BCUT2D eigenvalue weighted by Crippen LogP contribution is 2.26. The van der Waals surface area contributed by atoms with E-state index < -0.39 is 4.92 Å². The van der Waals surface area contributed by atoms with Crippen LogP contribution in [0.5, 0.6) is 0 Å². The van der Waals surface area contributed by atoms with Gasteiger partial charge in [-0.25, -0.2) is 0 Å². The molecule has 0 aliphatic carbocycles. The maximum absolute atomic E-state index is 12.3. The van der Waals surface area contributed by atoms with E-state index in [2.05, 4.69) is 0 Å². The standard InChI is InChI=1S/C14H17N3O3/c1-10-4-5-12-11(13(10)17(19)20)6-7-16(14(12)18)9-8-15(2)3/h4-7H,8-9H2,1-3H3. The number of benzene rings is 1. The van der Waals surface area contributed by atoms with Gasteiger partial charge in [0.25, 0.3) is 11.2 Å². The van der Waals surface area contributed by atoms with E-state index in [1.165, 1.54) is 0 Å². The van der Waals surface area contributed by atoms with E-state index >= 15 is 0 Å². The number of nitro groups is 1. The summed E-state index contributed by atoms with van der Waals surface area (Å²) in [6.45, 7) is 2.97. The maximum Gasteiger partial charge on any atom is 0.280 e. The van der Waals surface area contributed by atoms with Crippen LogP contribution >= 0.6 is 0 Å². The molecule has 0 aliphatic heterocycles. The number of rotatable bonds is 4. The van der Waals surface area contributed by atoms with Gasteiger partial charge in [-0.15, -0.1) is 0 Å². The lowest BCUT2D eigenvalue weighted by atomic mass is 10.1. The molecule has 0 unspecified atom stereocenters. The topological polar surface area (TPSA) is 68.4 Å². The molecule has 6 heteroatoms. The molecule has 0 bridgehead atoms. The predicted molar refractivity (Wildman–Crippen MR) is 78.2 cm³/mol. The van der Waals surface area contributed by atoms with Crippen LogP contribution in [-0.4, -0.2) is 35.0 Å². The SMILES string of the molecule is Cc1ccc2c(=O)n(CCN(C)C)ccc2c1[N+](=O)[O-]. The number of pyridine rings is 1. The zero-order valence-corrected chi connectivity index (χ0v) is 11.8. The Bertz CT molecular complexity index is 719. The first-order chi connectivity index (χ1) is 9.41. The van der Waals surface area contributed by atoms with Crippen molar-refractivity contribution in [1.82, 2.24) is 9.47 Å². The second-order valence-corrected chi connectivity index (χ2v) is 5.07. The molecule has 20 heavy (non-hydrogen) atoms. The molecule has 0 fully saturated rings. The summed E-state index contributed by atoms with van der Waals surface area (Å²) in [5, 5.41) is 11.9. The molecule has 2 rings (SSSR count). The zero-order valence-electron chi connectivity index (χ0n) is 11.8. The number of hydrogen-bond donors (Lipinski definition) is 0. The van der Waals surface area contributed by atoms with Gasteiger partial charge in [-0.1, -0.05) is 6.07 Å². The van der Waals surface area contributed by atoms with Crippen molar-refractivity contribution in [3.63, 3.8) is 0 Å². The van der Waals surface area contributed by atoms with Crippen LogP contribution in [0.15, 0.2) is 29.2 Å². The summed E-state index contributed by atoms with van der Waals surface area (Å²) in [5.41, 5.74) is 0.389. The summed E-state index contributed by atoms with van der Waals surface area (Å²) >= 11 is 0. The molecule has 0 saturated carbocycles. The average Bonchev–Trinajstić information content (AvgIpc) is 2.37. The van der Waals surface area contributed by atoms with Gasteiger partial charge in [-0.3, -0.25) is 14.9 Å². The minimum Gasteiger partial charge on any atom is -0.314 e. The highest BCUT2D eigenvalue weighted by Gasteiger charge is 2.17. The molecule has 0 aliphatic rings. The number of hydrogen-bond acceptors (Lipinski definition) is 4. The van der Waals surface area contributed by atoms with Gasteiger partial charge in [0.1, 0.15) is 0 Å². The van der Waals surface area contributed by atoms with Crippen molar-refractivity contribution in [3.8, 4) is 0 Å². The predicted octanol–water partition coefficient (Wildman–Crippen LogP) is 1.78. The van der Waals surface area contributed by atoms with E-state index in [9.17, 15) is 14.9 Å². The Labute approximate surface area is 116 Å². The number of likely N-dealkylation sites (N-methyl/N-ethyl adjacent to an activating group) is 1. The summed E-state index contributed by atoms with van der Waals surface area (Å²) in [6.07, 6.45) is 1.63. The van der Waals surface area contributed by atoms with E-state index in [0.717, 1.165) is 6.54 Å². The third-order valence-corrected chi connectivity index (χ3v) is 3.30. The van der Waals surface area contributed by atoms with Crippen molar-refractivity contribution in [2.75, 3.05) is 20.6 Å². The molecule has 1 aromatic carbocycles. The summed E-state index contributed by atoms with van der Waals surface area (Å²) in [5.74, 6) is 0. The first kappa shape index (κ1) is 14.2. The monoisotopic (exact) mass is 275 g/mol. The normalized spacial score (nSPS) is 11.2. The fourth-order valence-corrected chi connectivity index (χ4v) is 2.19. The van der Waals surface area contributed by atoms with Gasteiger partial charge in [0, 0.05) is 24.8 Å². The van der Waals surface area contributed by atoms with Gasteiger partial charge in [0.15, 0.2) is 0 Å². The number of aryl methyl sites for hydroxylation is 1. The Hall–Kier alpha value is -2.21. The van der Waals surface area contributed by atoms with E-state index in [0.29, 0.717) is 22.9 Å². The minimum atomic E-state index is -0.429. The molecule has 106 valence electrons. The van der Waals surface area contributed by atoms with E-state index in [-0.39, 0.29) is 11.2 Å². The van der Waals surface area contributed by atoms with Crippen molar-refractivity contribution >= 4 is 16.5 Å². The second kappa shape index (κ2) is 5.42. The Kier molecular flexibility index (Phi) is 3.85. The lowest BCUT2D eigenvalue weighted by Gasteiger charge is -2.12. The van der Waals surface area contributed by atoms with Gasteiger partial charge >= 0.3 is 0 Å². The van der Waals surface area contributed by atoms with E-state index in [1.807, 2.05) is 19.0 Å². The largest absolute Gasteiger partial charge is 0.314 e. The number of nitrogens with zero attached hydrogens (tertiary/aromatic N) is 3. The van der Waals surface area contributed by atoms with Crippen molar-refractivity contribution in [3.05, 3.63) is 50.4 Å². The molecule has 0 N–H and O–H groups in total. The molecule has 1 aromatic heterocycles. The quantitative estimate of drug-likeness (QED) is 0.630. The highest BCUT2D eigenvalue weighted by atomic mass is 16.6. The second-order valence-electron chi connectivity index (χ2n) is 5.07. The maximum atomic E-state index is 12.3. The van der Waals surface area contributed by atoms with Crippen molar-refractivity contribution in [2.45, 2.75) is 13.5 Å². The lowest BCUT2D eigenvalue weighted by Crippen LogP contribution is -2.26. The molecule has 0 atom stereocenters. The summed E-state index contributed by atoms with van der Waals surface area (Å²) in [6, 6.07) is 4.93. The Balaban J connectivity index is 2.61. The van der Waals surface area contributed by atoms with Gasteiger partial charge in [0.05, 0.1) is 15.7 Å². The van der Waals surface area contributed by atoms with Crippen molar-refractivity contribution in [1.29, 1.82) is 0 Å². The summed E-state index contributed by atoms with van der Waals surface area (Å²) in [7, 11) is 3.86. The molecule has 0 amide bonds. The van der Waals surface area contributed by atoms with E-state index in [4.69, 9.17) is 0 Å². The van der Waals surface area contributed by atoms with Crippen LogP contribution in [0.3, 0.4) is 0 Å². The smallest absolute Gasteiger partial charge is 0.280 e. The van der Waals surface area contributed by atoms with Crippen LogP contribution < -0.4 is 5.56 Å². The fourth-order valence-electron chi connectivity index (χ4n) is 2.19. The average molecular weight is 275 g/mol. The van der Waals surface area contributed by atoms with Crippen LogP contribution in [0.2, 0.25) is 0 Å². The van der Waals surface area contributed by atoms with Gasteiger partial charge in [0.2, 0.25) is 0 Å². The van der Waals surface area contributed by atoms with E-state index in [1.54, 1.807) is 35.9 Å². The fraction of sp³-hybridized carbons (Fsp3) is 0.357. The molecule has 0 spiro atoms. The molecule has 0 saturated heterocycles. The Morgan fingerprint density at radius 1 is 1.25 bits per heavy atom. The Morgan fingerprint density at radius 2 is 1.95 bits per heavy atom. The van der Waals surface area contributed by atoms with Crippen LogP contribution in [0.4, 0.5) is 5.69 Å². The highest BCUT2D eigenvalue weighted by molar-refractivity contribution is 5.91. The van der Waals surface area contributed by atoms with Crippen molar-refractivity contribution < 1.29 is 4.92 Å². The number of nitro benzene ring substituents is 1. The molecule has 6 nitrogen and oxygen atoms in total. The van der Waals surface area contributed by atoms with Crippen LogP contribution in [0.25, 0.3) is 10.8 Å². The Morgan fingerprint density at radius 3 is 2.55 bits per heavy atom.